The van der Waals surface area contributed by atoms with Gasteiger partial charge in [-0.1, -0.05) is 0 Å². The molecule has 1 saturated heterocycles. The van der Waals surface area contributed by atoms with E-state index < -0.39 is 0 Å². The van der Waals surface area contributed by atoms with Crippen LogP contribution in [0, 0.1) is 6.92 Å². The highest BCUT2D eigenvalue weighted by molar-refractivity contribution is 7.13. The molecule has 1 aliphatic heterocycles. The third-order valence-corrected chi connectivity index (χ3v) is 6.77. The summed E-state index contributed by atoms with van der Waals surface area (Å²) in [4.78, 5) is 26.4. The third kappa shape index (κ3) is 4.82. The number of carbonyl (C=O) groups excluding carboxylic acids is 1. The Balaban J connectivity index is 1.41. The van der Waals surface area contributed by atoms with E-state index in [-0.39, 0.29) is 12.0 Å². The van der Waals surface area contributed by atoms with Crippen LogP contribution in [0.25, 0.3) is 10.6 Å². The summed E-state index contributed by atoms with van der Waals surface area (Å²) in [5.74, 6) is 0.848. The van der Waals surface area contributed by atoms with Crippen molar-refractivity contribution >= 4 is 33.7 Å². The number of ether oxygens (including phenoxy) is 1. The van der Waals surface area contributed by atoms with Crippen molar-refractivity contribution in [3.05, 3.63) is 46.4 Å². The van der Waals surface area contributed by atoms with E-state index in [9.17, 15) is 4.79 Å². The maximum atomic E-state index is 13.0. The number of benzene rings is 1. The second-order valence-electron chi connectivity index (χ2n) is 7.63. The topological polar surface area (TPSA) is 58.6 Å². The zero-order chi connectivity index (χ0) is 21.1. The van der Waals surface area contributed by atoms with E-state index >= 15 is 0 Å². The Labute approximate surface area is 185 Å². The van der Waals surface area contributed by atoms with Gasteiger partial charge in [-0.05, 0) is 51.5 Å². The molecule has 1 fully saturated rings. The second-order valence-corrected chi connectivity index (χ2v) is 9.33. The molecule has 0 unspecified atom stereocenters. The molecule has 0 aliphatic carbocycles. The van der Waals surface area contributed by atoms with Gasteiger partial charge in [0.15, 0.2) is 5.13 Å². The van der Waals surface area contributed by atoms with Crippen LogP contribution in [0.15, 0.2) is 35.0 Å². The van der Waals surface area contributed by atoms with Crippen molar-refractivity contribution in [2.24, 2.45) is 0 Å². The van der Waals surface area contributed by atoms with Crippen LogP contribution >= 0.6 is 22.7 Å². The van der Waals surface area contributed by atoms with Crippen LogP contribution < -0.4 is 9.64 Å². The highest BCUT2D eigenvalue weighted by Crippen LogP contribution is 2.27. The van der Waals surface area contributed by atoms with Gasteiger partial charge in [-0.3, -0.25) is 4.79 Å². The van der Waals surface area contributed by atoms with E-state index in [0.29, 0.717) is 12.2 Å². The Kier molecular flexibility index (Phi) is 6.34. The Bertz CT molecular complexity index is 997. The minimum absolute atomic E-state index is 0.00873. The van der Waals surface area contributed by atoms with Crippen molar-refractivity contribution in [1.29, 1.82) is 0 Å². The lowest BCUT2D eigenvalue weighted by molar-refractivity contribution is 0.0762. The fourth-order valence-electron chi connectivity index (χ4n) is 3.41. The van der Waals surface area contributed by atoms with Gasteiger partial charge < -0.3 is 14.5 Å². The molecule has 4 rings (SSSR count). The molecule has 158 valence electrons. The largest absolute Gasteiger partial charge is 0.491 e. The first-order chi connectivity index (χ1) is 14.5. The van der Waals surface area contributed by atoms with Crippen LogP contribution in [0.3, 0.4) is 0 Å². The van der Waals surface area contributed by atoms with Gasteiger partial charge >= 0.3 is 0 Å². The number of rotatable bonds is 5. The Morgan fingerprint density at radius 3 is 2.53 bits per heavy atom. The standard InChI is InChI=1S/C22H26N4O2S2/c1-15(2)28-18-7-5-17(6-8-18)20-24-19(14-29-20)21(27)25-9-4-10-26(12-11-25)22-23-16(3)13-30-22/h5-8,13-15H,4,9-12H2,1-3H3. The van der Waals surface area contributed by atoms with Gasteiger partial charge in [0.05, 0.1) is 11.8 Å². The van der Waals surface area contributed by atoms with Crippen LogP contribution in [-0.4, -0.2) is 53.1 Å². The van der Waals surface area contributed by atoms with Gasteiger partial charge in [0.25, 0.3) is 5.91 Å². The number of amides is 1. The molecule has 1 aromatic carbocycles. The second kappa shape index (κ2) is 9.14. The van der Waals surface area contributed by atoms with Crippen LogP contribution in [0.2, 0.25) is 0 Å². The molecule has 30 heavy (non-hydrogen) atoms. The monoisotopic (exact) mass is 442 g/mol. The van der Waals surface area contributed by atoms with Crippen LogP contribution in [0.5, 0.6) is 5.75 Å². The number of thiazole rings is 2. The van der Waals surface area contributed by atoms with Crippen molar-refractivity contribution in [3.8, 4) is 16.3 Å². The number of anilines is 1. The smallest absolute Gasteiger partial charge is 0.273 e. The van der Waals surface area contributed by atoms with E-state index in [4.69, 9.17) is 4.74 Å². The number of carbonyl (C=O) groups is 1. The summed E-state index contributed by atoms with van der Waals surface area (Å²) in [5, 5.41) is 5.83. The zero-order valence-corrected chi connectivity index (χ0v) is 19.1. The average Bonchev–Trinajstić information content (AvgIpc) is 3.31. The van der Waals surface area contributed by atoms with E-state index in [1.807, 2.05) is 55.3 Å². The number of aryl methyl sites for hydroxylation is 1. The average molecular weight is 443 g/mol. The number of aromatic nitrogens is 2. The van der Waals surface area contributed by atoms with Crippen LogP contribution in [0.1, 0.15) is 36.5 Å². The quantitative estimate of drug-likeness (QED) is 0.572. The lowest BCUT2D eigenvalue weighted by atomic mass is 10.2. The molecule has 0 radical (unpaired) electrons. The van der Waals surface area contributed by atoms with E-state index in [1.54, 1.807) is 11.3 Å². The SMILES string of the molecule is Cc1csc(N2CCCN(C(=O)c3csc(-c4ccc(OC(C)C)cc4)n3)CC2)n1. The number of hydrogen-bond donors (Lipinski definition) is 0. The summed E-state index contributed by atoms with van der Waals surface area (Å²) in [5.41, 5.74) is 2.57. The lowest BCUT2D eigenvalue weighted by Gasteiger charge is -2.21. The summed E-state index contributed by atoms with van der Waals surface area (Å²) in [6.07, 6.45) is 1.07. The molecule has 0 spiro atoms. The lowest BCUT2D eigenvalue weighted by Crippen LogP contribution is -2.35. The molecule has 6 nitrogen and oxygen atoms in total. The Morgan fingerprint density at radius 1 is 1.03 bits per heavy atom. The predicted molar refractivity (Wildman–Crippen MR) is 123 cm³/mol. The van der Waals surface area contributed by atoms with Crippen molar-refractivity contribution in [2.45, 2.75) is 33.3 Å². The molecule has 0 N–H and O–H groups in total. The van der Waals surface area contributed by atoms with Gasteiger partial charge in [0.1, 0.15) is 16.5 Å². The molecular weight excluding hydrogens is 416 g/mol. The van der Waals surface area contributed by atoms with Gasteiger partial charge in [-0.25, -0.2) is 9.97 Å². The third-order valence-electron chi connectivity index (χ3n) is 4.86. The first kappa shape index (κ1) is 20.8. The fourth-order valence-corrected chi connectivity index (χ4v) is 5.07. The summed E-state index contributed by atoms with van der Waals surface area (Å²) in [6, 6.07) is 7.87. The van der Waals surface area contributed by atoms with E-state index in [1.165, 1.54) is 11.3 Å². The molecule has 1 aliphatic rings. The minimum atomic E-state index is 0.00873. The normalized spacial score (nSPS) is 14.8. The van der Waals surface area contributed by atoms with Gasteiger partial charge in [0.2, 0.25) is 0 Å². The van der Waals surface area contributed by atoms with Crippen LogP contribution in [-0.2, 0) is 0 Å². The fraction of sp³-hybridized carbons (Fsp3) is 0.409. The molecule has 0 bridgehead atoms. The molecule has 3 heterocycles. The molecule has 0 atom stereocenters. The highest BCUT2D eigenvalue weighted by Gasteiger charge is 2.23. The van der Waals surface area contributed by atoms with Crippen LogP contribution in [0.4, 0.5) is 5.13 Å². The van der Waals surface area contributed by atoms with Gasteiger partial charge in [-0.15, -0.1) is 22.7 Å². The number of hydrogen-bond acceptors (Lipinski definition) is 7. The van der Waals surface area contributed by atoms with Crippen molar-refractivity contribution in [3.63, 3.8) is 0 Å². The summed E-state index contributed by atoms with van der Waals surface area (Å²) in [6.45, 7) is 9.17. The predicted octanol–water partition coefficient (Wildman–Crippen LogP) is 4.71. The van der Waals surface area contributed by atoms with Crippen molar-refractivity contribution in [2.75, 3.05) is 31.1 Å². The molecule has 1 amide bonds. The Morgan fingerprint density at radius 2 is 1.83 bits per heavy atom. The Hall–Kier alpha value is -2.45. The first-order valence-electron chi connectivity index (χ1n) is 10.2. The molecular formula is C22H26N4O2S2. The van der Waals surface area contributed by atoms with Crippen molar-refractivity contribution < 1.29 is 9.53 Å². The van der Waals surface area contributed by atoms with Crippen molar-refractivity contribution in [1.82, 2.24) is 14.9 Å². The maximum absolute atomic E-state index is 13.0. The highest BCUT2D eigenvalue weighted by atomic mass is 32.1. The zero-order valence-electron chi connectivity index (χ0n) is 17.5. The summed E-state index contributed by atoms with van der Waals surface area (Å²) >= 11 is 3.17. The first-order valence-corrected chi connectivity index (χ1v) is 11.9. The summed E-state index contributed by atoms with van der Waals surface area (Å²) < 4.78 is 5.70. The molecule has 2 aromatic heterocycles. The van der Waals surface area contributed by atoms with E-state index in [0.717, 1.165) is 53.2 Å². The van der Waals surface area contributed by atoms with Gasteiger partial charge in [-0.2, -0.15) is 0 Å². The van der Waals surface area contributed by atoms with E-state index in [2.05, 4.69) is 20.2 Å². The van der Waals surface area contributed by atoms with Gasteiger partial charge in [0, 0.05) is 42.5 Å². The summed E-state index contributed by atoms with van der Waals surface area (Å²) in [7, 11) is 0. The maximum Gasteiger partial charge on any atom is 0.273 e. The molecule has 8 heteroatoms. The molecule has 0 saturated carbocycles. The molecule has 3 aromatic rings. The number of nitrogens with zero attached hydrogens (tertiary/aromatic N) is 4. The minimum Gasteiger partial charge on any atom is -0.491 e.